The summed E-state index contributed by atoms with van der Waals surface area (Å²) in [6.07, 6.45) is 5.70. The quantitative estimate of drug-likeness (QED) is 0.0268. The summed E-state index contributed by atoms with van der Waals surface area (Å²) in [6.45, 7) is 13.8. The van der Waals surface area contributed by atoms with E-state index in [1.54, 1.807) is 80.6 Å². The van der Waals surface area contributed by atoms with E-state index in [2.05, 4.69) is 0 Å². The summed E-state index contributed by atoms with van der Waals surface area (Å²) in [5, 5.41) is 40.2. The number of fused-ring (bicyclic) bond motifs is 3. The molecular weight excluding hydrogens is 1340 g/mol. The van der Waals surface area contributed by atoms with Gasteiger partial charge in [-0.2, -0.15) is 0 Å². The molecule has 9 aromatic carbocycles. The van der Waals surface area contributed by atoms with Crippen molar-refractivity contribution in [3.63, 3.8) is 0 Å². The van der Waals surface area contributed by atoms with Gasteiger partial charge >= 0.3 is 45.5 Å². The Morgan fingerprint density at radius 1 is 0.327 bits per heavy atom. The summed E-state index contributed by atoms with van der Waals surface area (Å²) in [7, 11) is -9.64. The molecule has 0 aromatic heterocycles. The van der Waals surface area contributed by atoms with Crippen LogP contribution in [0.4, 0.5) is 0 Å². The Balaban J connectivity index is 0.000000167. The Labute approximate surface area is 579 Å². The van der Waals surface area contributed by atoms with Crippen LogP contribution in [0.25, 0.3) is 34.9 Å². The molecule has 0 amide bonds. The minimum Gasteiger partial charge on any atom is -0.508 e. The van der Waals surface area contributed by atoms with Gasteiger partial charge in [-0.05, 0) is 191 Å². The number of allylic oxidation sites excluding steroid dienone is 3. The number of hydrogen-bond acceptors (Lipinski definition) is 18. The maximum absolute atomic E-state index is 12.1. The minimum absolute atomic E-state index is 0.00962. The Bertz CT molecular complexity index is 4950. The number of carbonyl (C=O) groups excluding carboxylic acids is 5. The van der Waals surface area contributed by atoms with Crippen LogP contribution in [0.3, 0.4) is 0 Å². The average Bonchev–Trinajstić information content (AvgIpc) is 1.62. The number of phenolic OH excluding ortho intramolecular Hbond substituents is 4. The van der Waals surface area contributed by atoms with Gasteiger partial charge in [0.2, 0.25) is 0 Å². The van der Waals surface area contributed by atoms with E-state index in [4.69, 9.17) is 32.7 Å². The first-order valence-electron chi connectivity index (χ1n) is 31.1. The number of phosphoric ester groups is 2. The first-order chi connectivity index (χ1) is 47.6. The Hall–Kier alpha value is -11.4. The number of aryl methyl sites for hydroxylation is 4. The fourth-order valence-electron chi connectivity index (χ4n) is 12.5. The lowest BCUT2D eigenvalue weighted by molar-refractivity contribution is -0.133. The lowest BCUT2D eigenvalue weighted by atomic mass is 9.84. The number of rotatable bonds is 15. The maximum atomic E-state index is 12.1. The zero-order chi connectivity index (χ0) is 73.1. The molecule has 0 fully saturated rings. The van der Waals surface area contributed by atoms with Crippen molar-refractivity contribution in [1.82, 2.24) is 0 Å². The van der Waals surface area contributed by atoms with Crippen molar-refractivity contribution in [1.29, 1.82) is 0 Å². The van der Waals surface area contributed by atoms with Crippen molar-refractivity contribution < 1.29 is 106 Å². The monoisotopic (exact) mass is 1410 g/mol. The highest BCUT2D eigenvalue weighted by Gasteiger charge is 2.37. The van der Waals surface area contributed by atoms with E-state index in [9.17, 15) is 73.1 Å². The van der Waals surface area contributed by atoms with Crippen molar-refractivity contribution in [2.75, 3.05) is 0 Å². The van der Waals surface area contributed by atoms with Crippen molar-refractivity contribution in [2.45, 2.75) is 80.1 Å². The lowest BCUT2D eigenvalue weighted by Crippen LogP contribution is -2.11. The third-order valence-corrected chi connectivity index (χ3v) is 16.9. The highest BCUT2D eigenvalue weighted by molar-refractivity contribution is 7.47. The largest absolute Gasteiger partial charge is 0.524 e. The van der Waals surface area contributed by atoms with E-state index in [-0.39, 0.29) is 63.4 Å². The number of phenols is 4. The summed E-state index contributed by atoms with van der Waals surface area (Å²) >= 11 is 0. The number of esters is 5. The number of ether oxygens (including phenoxy) is 5. The number of aromatic hydroxyl groups is 4. The van der Waals surface area contributed by atoms with E-state index in [1.165, 1.54) is 71.0 Å². The first-order valence-corrected chi connectivity index (χ1v) is 34.2. The second kappa shape index (κ2) is 29.6. The van der Waals surface area contributed by atoms with Crippen LogP contribution in [-0.2, 0) is 33.1 Å². The molecule has 0 bridgehead atoms. The average molecular weight is 1410 g/mol. The second-order valence-corrected chi connectivity index (χ2v) is 26.6. The van der Waals surface area contributed by atoms with Crippen molar-refractivity contribution in [3.8, 4) is 63.2 Å². The third kappa shape index (κ3) is 17.9. The SMILES string of the molecule is CC(=O)Oc1ccc(C2=Cc3cc(OC(C)=O)cc(OC(C)=O)c3[C@H]2c2cc(OC(C)=O)cc(OC(C)=O)c2)cc1.Cc1ccc(C2=Cc3cc(C)cc(OP(=O)(O)O)c3[C@H]2c2cc(C)cc(OP(=O)(O)O)c2)cc1.Cc1ccc(C2=Cc3cc(O)cc(O)c3[C@H]2c2cc(O)cc(O)c2)cc1. The number of benzene rings is 9. The molecule has 0 saturated heterocycles. The number of carbonyl (C=O) groups is 5. The Morgan fingerprint density at radius 2 is 0.703 bits per heavy atom. The van der Waals surface area contributed by atoms with Crippen molar-refractivity contribution in [3.05, 3.63) is 253 Å². The third-order valence-electron chi connectivity index (χ3n) is 16.0. The Kier molecular flexibility index (Phi) is 21.2. The molecule has 12 rings (SSSR count). The molecule has 0 radical (unpaired) electrons. The van der Waals surface area contributed by atoms with Crippen LogP contribution in [0.2, 0.25) is 0 Å². The number of hydrogen-bond donors (Lipinski definition) is 8. The molecule has 518 valence electrons. The molecule has 0 aliphatic heterocycles. The predicted molar refractivity (Wildman–Crippen MR) is 375 cm³/mol. The topological polar surface area (TPSA) is 346 Å². The molecule has 22 nitrogen and oxygen atoms in total. The highest BCUT2D eigenvalue weighted by atomic mass is 31.2. The summed E-state index contributed by atoms with van der Waals surface area (Å²) in [6, 6.07) is 46.0. The van der Waals surface area contributed by atoms with Crippen LogP contribution in [0.1, 0.15) is 141 Å². The minimum atomic E-state index is -4.85. The van der Waals surface area contributed by atoms with Crippen LogP contribution in [-0.4, -0.2) is 69.8 Å². The molecule has 0 heterocycles. The second-order valence-electron chi connectivity index (χ2n) is 24.2. The van der Waals surface area contributed by atoms with Gasteiger partial charge in [-0.25, -0.2) is 9.13 Å². The van der Waals surface area contributed by atoms with Gasteiger partial charge in [0, 0.05) is 93.3 Å². The van der Waals surface area contributed by atoms with E-state index in [0.29, 0.717) is 55.8 Å². The molecule has 0 unspecified atom stereocenters. The van der Waals surface area contributed by atoms with Gasteiger partial charge < -0.3 is 53.2 Å². The van der Waals surface area contributed by atoms with Crippen molar-refractivity contribution >= 4 is 80.4 Å². The maximum Gasteiger partial charge on any atom is 0.524 e. The molecule has 0 spiro atoms. The molecule has 3 aliphatic carbocycles. The van der Waals surface area contributed by atoms with Gasteiger partial charge in [-0.3, -0.25) is 43.5 Å². The highest BCUT2D eigenvalue weighted by Crippen LogP contribution is 2.56. The fourth-order valence-corrected chi connectivity index (χ4v) is 13.3. The van der Waals surface area contributed by atoms with E-state index >= 15 is 0 Å². The van der Waals surface area contributed by atoms with Crippen LogP contribution in [0, 0.1) is 27.7 Å². The Morgan fingerprint density at radius 3 is 1.18 bits per heavy atom. The molecule has 8 N–H and O–H groups in total. The van der Waals surface area contributed by atoms with Gasteiger partial charge in [0.1, 0.15) is 63.2 Å². The van der Waals surface area contributed by atoms with Gasteiger partial charge in [-0.1, -0.05) is 83.9 Å². The summed E-state index contributed by atoms with van der Waals surface area (Å²) in [4.78, 5) is 96.5. The van der Waals surface area contributed by atoms with Gasteiger partial charge in [0.15, 0.2) is 0 Å². The summed E-state index contributed by atoms with van der Waals surface area (Å²) < 4.78 is 59.9. The van der Waals surface area contributed by atoms with Crippen LogP contribution in [0.15, 0.2) is 164 Å². The van der Waals surface area contributed by atoms with Crippen LogP contribution >= 0.6 is 15.6 Å². The predicted octanol–water partition coefficient (Wildman–Crippen LogP) is 14.7. The zero-order valence-electron chi connectivity index (χ0n) is 55.7. The summed E-state index contributed by atoms with van der Waals surface area (Å²) in [5.41, 5.74) is 14.4. The molecule has 9 aromatic rings. The molecule has 101 heavy (non-hydrogen) atoms. The molecule has 24 heteroatoms. The van der Waals surface area contributed by atoms with Crippen LogP contribution in [0.5, 0.6) is 63.2 Å². The molecule has 3 aliphatic rings. The number of phosphoric acid groups is 2. The molecular formula is C77H68O22P2. The van der Waals surface area contributed by atoms with Gasteiger partial charge in [0.05, 0.1) is 0 Å². The van der Waals surface area contributed by atoms with E-state index < -0.39 is 57.3 Å². The fraction of sp³-hybridized carbons (Fsp3) is 0.156. The van der Waals surface area contributed by atoms with Crippen molar-refractivity contribution in [2.24, 2.45) is 0 Å². The zero-order valence-corrected chi connectivity index (χ0v) is 57.5. The van der Waals surface area contributed by atoms with E-state index in [0.717, 1.165) is 55.7 Å². The van der Waals surface area contributed by atoms with E-state index in [1.807, 2.05) is 92.7 Å². The molecule has 3 atom stereocenters. The first kappa shape index (κ1) is 72.4. The van der Waals surface area contributed by atoms with Gasteiger partial charge in [0.25, 0.3) is 0 Å². The normalized spacial score (nSPS) is 14.7. The lowest BCUT2D eigenvalue weighted by Gasteiger charge is -2.22. The van der Waals surface area contributed by atoms with Gasteiger partial charge in [-0.15, -0.1) is 0 Å². The standard InChI is InChI=1S/C31H26O10.C24H24O8P2.C22H18O4/c1-16(32)37-24-8-6-21(7-9-24)28-13-23-12-27(40-19(4)35)15-29(41-20(5)36)31(23)30(28)22-10-25(38-17(2)33)14-26(11-22)39-18(3)34;1-14-4-6-17(7-5-14)21-13-19-9-16(3)11-22(32-34(28,29)30)24(19)23(21)18-8-15(2)10-20(12-18)31-33(25,26)27;1-12-2-4-13(5-3-12)19-9-15-8-18(25)11-20(26)22(15)21(19)14-6-16(23)10-17(24)7-14/h6-15,30H,1-5H3;4-13,23H,1-3H3,(H2,25,26,27)(H2,28,29,30);2-11,21,23-26H,1H3/t30-;23-;21-/m000/s1. The van der Waals surface area contributed by atoms with Crippen LogP contribution < -0.4 is 32.7 Å². The smallest absolute Gasteiger partial charge is 0.508 e. The molecule has 0 saturated carbocycles. The summed E-state index contributed by atoms with van der Waals surface area (Å²) in [5.74, 6) is -3.46.